The third-order valence-corrected chi connectivity index (χ3v) is 7.49. The number of carbonyl (C=O) groups is 2. The van der Waals surface area contributed by atoms with Gasteiger partial charge < -0.3 is 0 Å². The molecule has 0 saturated heterocycles. The molecular weight excluding hydrogens is 484 g/mol. The molecule has 3 rings (SSSR count). The molecule has 2 amide bonds. The van der Waals surface area contributed by atoms with Gasteiger partial charge in [0, 0.05) is 6.54 Å². The fraction of sp³-hybridized carbons (Fsp3) is 0.259. The fourth-order valence-electron chi connectivity index (χ4n) is 3.75. The van der Waals surface area contributed by atoms with E-state index in [0.29, 0.717) is 6.42 Å². The van der Waals surface area contributed by atoms with Crippen LogP contribution < -0.4 is 4.72 Å². The highest BCUT2D eigenvalue weighted by molar-refractivity contribution is 7.92. The fourth-order valence-corrected chi connectivity index (χ4v) is 5.06. The van der Waals surface area contributed by atoms with Crippen LogP contribution in [-0.2, 0) is 15.4 Å². The van der Waals surface area contributed by atoms with Crippen molar-refractivity contribution in [1.29, 1.82) is 0 Å². The zero-order valence-electron chi connectivity index (χ0n) is 20.3. The van der Waals surface area contributed by atoms with Crippen molar-refractivity contribution < 1.29 is 18.0 Å². The lowest BCUT2D eigenvalue weighted by molar-refractivity contribution is 0.0657. The topological polar surface area (TPSA) is 83.6 Å². The van der Waals surface area contributed by atoms with E-state index >= 15 is 0 Å². The monoisotopic (exact) mass is 512 g/mol. The normalized spacial score (nSPS) is 14.5. The quantitative estimate of drug-likeness (QED) is 0.341. The van der Waals surface area contributed by atoms with Gasteiger partial charge in [-0.15, -0.1) is 0 Å². The second-order valence-corrected chi connectivity index (χ2v) is 11.3. The lowest BCUT2D eigenvalue weighted by Gasteiger charge is -2.19. The zero-order chi connectivity index (χ0) is 26.0. The minimum absolute atomic E-state index is 0.00334. The highest BCUT2D eigenvalue weighted by Crippen LogP contribution is 2.36. The summed E-state index contributed by atoms with van der Waals surface area (Å²) in [5, 5.41) is 0.0936. The predicted octanol–water partition coefficient (Wildman–Crippen LogP) is 6.11. The summed E-state index contributed by atoms with van der Waals surface area (Å²) in [5.41, 5.74) is 1.76. The molecule has 0 bridgehead atoms. The SMILES string of the molecule is C=C/C=C\C(=C/C)CCN1C(=O)c2c(Cl)ccc(NS(=O)(=O)c3ccc(C(C)(C)C)cc3)c2C1=O. The van der Waals surface area contributed by atoms with Gasteiger partial charge in [0.1, 0.15) is 0 Å². The number of rotatable bonds is 8. The molecule has 2 aromatic carbocycles. The second-order valence-electron chi connectivity index (χ2n) is 9.20. The molecule has 0 unspecified atom stereocenters. The Kier molecular flexibility index (Phi) is 7.72. The van der Waals surface area contributed by atoms with E-state index in [1.165, 1.54) is 24.3 Å². The van der Waals surface area contributed by atoms with Gasteiger partial charge in [-0.05, 0) is 48.6 Å². The van der Waals surface area contributed by atoms with E-state index in [1.807, 2.05) is 39.8 Å². The molecule has 0 spiro atoms. The Hall–Kier alpha value is -3.16. The Labute approximate surface area is 212 Å². The summed E-state index contributed by atoms with van der Waals surface area (Å²) in [6.45, 7) is 11.7. The maximum absolute atomic E-state index is 13.2. The Morgan fingerprint density at radius 1 is 1.06 bits per heavy atom. The average Bonchev–Trinajstić information content (AvgIpc) is 3.06. The van der Waals surface area contributed by atoms with Crippen LogP contribution in [0.5, 0.6) is 0 Å². The van der Waals surface area contributed by atoms with E-state index in [1.54, 1.807) is 24.3 Å². The number of carbonyl (C=O) groups excluding carboxylic acids is 2. The summed E-state index contributed by atoms with van der Waals surface area (Å²) in [4.78, 5) is 27.4. The number of nitrogens with zero attached hydrogens (tertiary/aromatic N) is 1. The van der Waals surface area contributed by atoms with Crippen LogP contribution >= 0.6 is 11.6 Å². The van der Waals surface area contributed by atoms with Crippen molar-refractivity contribution >= 4 is 39.1 Å². The lowest BCUT2D eigenvalue weighted by atomic mass is 9.87. The summed E-state index contributed by atoms with van der Waals surface area (Å²) < 4.78 is 28.7. The molecule has 2 aromatic rings. The van der Waals surface area contributed by atoms with E-state index in [-0.39, 0.29) is 38.7 Å². The summed E-state index contributed by atoms with van der Waals surface area (Å²) in [6, 6.07) is 9.39. The standard InChI is InChI=1S/C27H29ClN2O4S/c1-6-8-9-18(7-2)16-17-30-25(31)23-21(28)14-15-22(24(23)26(30)32)29-35(33,34)20-12-10-19(11-13-20)27(3,4)5/h6-15,29H,1,16-17H2,2-5H3/b9-8-,18-7+. The van der Waals surface area contributed by atoms with Gasteiger partial charge in [-0.2, -0.15) is 0 Å². The number of nitrogens with one attached hydrogen (secondary N) is 1. The maximum atomic E-state index is 13.2. The van der Waals surface area contributed by atoms with Crippen LogP contribution in [0.2, 0.25) is 5.02 Å². The Morgan fingerprint density at radius 2 is 1.69 bits per heavy atom. The average molecular weight is 513 g/mol. The van der Waals surface area contributed by atoms with Gasteiger partial charge in [0.25, 0.3) is 21.8 Å². The smallest absolute Gasteiger partial charge is 0.263 e. The largest absolute Gasteiger partial charge is 0.279 e. The number of anilines is 1. The Balaban J connectivity index is 1.91. The van der Waals surface area contributed by atoms with Crippen LogP contribution in [0.15, 0.2) is 77.7 Å². The molecule has 1 heterocycles. The summed E-state index contributed by atoms with van der Waals surface area (Å²) in [7, 11) is -4.01. The van der Waals surface area contributed by atoms with Gasteiger partial charge in [0.15, 0.2) is 0 Å². The lowest BCUT2D eigenvalue weighted by Crippen LogP contribution is -2.31. The van der Waals surface area contributed by atoms with Crippen LogP contribution in [-0.4, -0.2) is 31.7 Å². The predicted molar refractivity (Wildman–Crippen MR) is 140 cm³/mol. The zero-order valence-corrected chi connectivity index (χ0v) is 21.8. The van der Waals surface area contributed by atoms with Crippen LogP contribution in [0.3, 0.4) is 0 Å². The number of allylic oxidation sites excluding steroid dienone is 4. The van der Waals surface area contributed by atoms with E-state index in [2.05, 4.69) is 11.3 Å². The van der Waals surface area contributed by atoms with Gasteiger partial charge >= 0.3 is 0 Å². The minimum Gasteiger partial charge on any atom is -0.279 e. The number of halogens is 1. The first-order valence-corrected chi connectivity index (χ1v) is 13.0. The van der Waals surface area contributed by atoms with Crippen LogP contribution in [0, 0.1) is 0 Å². The Bertz CT molecular complexity index is 1330. The van der Waals surface area contributed by atoms with Crippen LogP contribution in [0.1, 0.15) is 60.4 Å². The van der Waals surface area contributed by atoms with Crippen molar-refractivity contribution in [3.8, 4) is 0 Å². The van der Waals surface area contributed by atoms with Crippen molar-refractivity contribution in [3.63, 3.8) is 0 Å². The molecule has 184 valence electrons. The number of imide groups is 1. The molecule has 0 aromatic heterocycles. The van der Waals surface area contributed by atoms with E-state index < -0.39 is 21.8 Å². The molecule has 1 aliphatic rings. The van der Waals surface area contributed by atoms with Gasteiger partial charge in [-0.3, -0.25) is 19.2 Å². The van der Waals surface area contributed by atoms with Gasteiger partial charge in [-0.1, -0.05) is 81.0 Å². The molecule has 35 heavy (non-hydrogen) atoms. The molecule has 6 nitrogen and oxygen atoms in total. The molecule has 8 heteroatoms. The number of benzene rings is 2. The number of fused-ring (bicyclic) bond motifs is 1. The summed E-state index contributed by atoms with van der Waals surface area (Å²) in [5.74, 6) is -1.13. The third-order valence-electron chi connectivity index (χ3n) is 5.79. The molecule has 0 radical (unpaired) electrons. The van der Waals surface area contributed by atoms with E-state index in [9.17, 15) is 18.0 Å². The van der Waals surface area contributed by atoms with Crippen LogP contribution in [0.4, 0.5) is 5.69 Å². The molecule has 0 aliphatic carbocycles. The van der Waals surface area contributed by atoms with Crippen molar-refractivity contribution in [1.82, 2.24) is 4.90 Å². The molecule has 1 N–H and O–H groups in total. The van der Waals surface area contributed by atoms with Gasteiger partial charge in [0.05, 0.1) is 26.7 Å². The number of hydrogen-bond acceptors (Lipinski definition) is 4. The third kappa shape index (κ3) is 5.57. The Morgan fingerprint density at radius 3 is 2.26 bits per heavy atom. The summed E-state index contributed by atoms with van der Waals surface area (Å²) >= 11 is 6.26. The van der Waals surface area contributed by atoms with Crippen molar-refractivity contribution in [2.75, 3.05) is 11.3 Å². The van der Waals surface area contributed by atoms with E-state index in [4.69, 9.17) is 11.6 Å². The number of sulfonamides is 1. The van der Waals surface area contributed by atoms with E-state index in [0.717, 1.165) is 16.0 Å². The number of hydrogen-bond donors (Lipinski definition) is 1. The first kappa shape index (κ1) is 26.4. The first-order chi connectivity index (χ1) is 16.4. The molecule has 0 atom stereocenters. The number of amides is 2. The summed E-state index contributed by atoms with van der Waals surface area (Å²) in [6.07, 6.45) is 7.58. The minimum atomic E-state index is -4.01. The van der Waals surface area contributed by atoms with Gasteiger partial charge in [0.2, 0.25) is 0 Å². The maximum Gasteiger partial charge on any atom is 0.263 e. The van der Waals surface area contributed by atoms with Gasteiger partial charge in [-0.25, -0.2) is 8.42 Å². The highest BCUT2D eigenvalue weighted by Gasteiger charge is 2.40. The van der Waals surface area contributed by atoms with Crippen LogP contribution in [0.25, 0.3) is 0 Å². The highest BCUT2D eigenvalue weighted by atomic mass is 35.5. The molecule has 1 aliphatic heterocycles. The molecular formula is C27H29ClN2O4S. The van der Waals surface area contributed by atoms with Crippen molar-refractivity contribution in [2.24, 2.45) is 0 Å². The molecule has 0 fully saturated rings. The van der Waals surface area contributed by atoms with Crippen molar-refractivity contribution in [3.05, 3.63) is 94.6 Å². The second kappa shape index (κ2) is 10.2. The molecule has 0 saturated carbocycles. The van der Waals surface area contributed by atoms with Crippen molar-refractivity contribution in [2.45, 2.75) is 44.4 Å². The first-order valence-electron chi connectivity index (χ1n) is 11.2.